The molecule has 0 radical (unpaired) electrons. The highest BCUT2D eigenvalue weighted by molar-refractivity contribution is 5.79. The molecule has 3 aromatic rings. The van der Waals surface area contributed by atoms with Gasteiger partial charge in [0.2, 0.25) is 5.82 Å². The number of hydrogen-bond donors (Lipinski definition) is 1. The van der Waals surface area contributed by atoms with Gasteiger partial charge in [-0.3, -0.25) is 18.9 Å². The van der Waals surface area contributed by atoms with Gasteiger partial charge in [0.05, 0.1) is 6.04 Å². The van der Waals surface area contributed by atoms with Crippen LogP contribution in [0.2, 0.25) is 0 Å². The summed E-state index contributed by atoms with van der Waals surface area (Å²) in [6.45, 7) is 6.56. The van der Waals surface area contributed by atoms with E-state index in [1.54, 1.807) is 6.92 Å². The molecule has 1 saturated carbocycles. The third-order valence-corrected chi connectivity index (χ3v) is 9.00. The van der Waals surface area contributed by atoms with Gasteiger partial charge in [-0.25, -0.2) is 4.79 Å². The Morgan fingerprint density at radius 2 is 2.05 bits per heavy atom. The third kappa shape index (κ3) is 5.51. The van der Waals surface area contributed by atoms with Crippen LogP contribution >= 0.6 is 0 Å². The molecule has 4 unspecified atom stereocenters. The molecule has 2 aliphatic rings. The number of imidazole rings is 1. The molecule has 9 nitrogen and oxygen atoms in total. The van der Waals surface area contributed by atoms with Crippen molar-refractivity contribution < 1.29 is 4.79 Å². The second-order valence-electron chi connectivity index (χ2n) is 11.5. The molecule has 0 amide bonds. The van der Waals surface area contributed by atoms with Gasteiger partial charge in [0.25, 0.3) is 0 Å². The molecule has 1 N–H and O–H groups in total. The fraction of sp³-hybridized carbons (Fsp3) is 0.548. The number of unbranched alkanes of at least 4 members (excludes halogenated alkanes) is 1. The van der Waals surface area contributed by atoms with E-state index in [9.17, 15) is 9.59 Å². The van der Waals surface area contributed by atoms with E-state index in [1.807, 2.05) is 33.7 Å². The number of ketones is 1. The van der Waals surface area contributed by atoms with Gasteiger partial charge in [-0.05, 0) is 61.8 Å². The van der Waals surface area contributed by atoms with Gasteiger partial charge in [0.1, 0.15) is 5.78 Å². The molecule has 1 fully saturated rings. The number of Topliss-reactive ketones (excluding diaryl/α,β-unsaturated/α-hetero) is 1. The maximum absolute atomic E-state index is 14.4. The van der Waals surface area contributed by atoms with Gasteiger partial charge in [-0.15, -0.1) is 10.2 Å². The van der Waals surface area contributed by atoms with Crippen molar-refractivity contribution in [2.45, 2.75) is 96.6 Å². The monoisotopic (exact) mass is 543 g/mol. The largest absolute Gasteiger partial charge is 0.328 e. The Labute approximate surface area is 235 Å². The van der Waals surface area contributed by atoms with E-state index in [0.717, 1.165) is 68.2 Å². The molecule has 2 aromatic heterocycles. The van der Waals surface area contributed by atoms with Crippen molar-refractivity contribution >= 4 is 12.0 Å². The van der Waals surface area contributed by atoms with Crippen molar-refractivity contribution in [1.29, 1.82) is 0 Å². The lowest BCUT2D eigenvalue weighted by molar-refractivity contribution is -0.122. The summed E-state index contributed by atoms with van der Waals surface area (Å²) in [5.41, 5.74) is 2.50. The van der Waals surface area contributed by atoms with E-state index < -0.39 is 5.41 Å². The van der Waals surface area contributed by atoms with Crippen molar-refractivity contribution in [3.63, 3.8) is 0 Å². The van der Waals surface area contributed by atoms with Gasteiger partial charge < -0.3 is 0 Å². The van der Waals surface area contributed by atoms with Gasteiger partial charge in [0, 0.05) is 47.7 Å². The first kappa shape index (κ1) is 27.9. The lowest BCUT2D eigenvalue weighted by Gasteiger charge is -2.33. The molecule has 1 aliphatic carbocycles. The number of carbonyl (C=O) groups is 1. The van der Waals surface area contributed by atoms with Gasteiger partial charge in [-0.1, -0.05) is 63.8 Å². The molecule has 0 saturated heterocycles. The minimum absolute atomic E-state index is 0.00712. The van der Waals surface area contributed by atoms with Gasteiger partial charge >= 0.3 is 5.69 Å². The molecule has 9 heteroatoms. The molecule has 0 bridgehead atoms. The number of rotatable bonds is 10. The second-order valence-corrected chi connectivity index (χ2v) is 11.5. The Bertz CT molecular complexity index is 1420. The molecule has 0 spiro atoms. The normalized spacial score (nSPS) is 24.7. The van der Waals surface area contributed by atoms with Gasteiger partial charge in [-0.2, -0.15) is 5.21 Å². The Morgan fingerprint density at radius 1 is 1.20 bits per heavy atom. The minimum atomic E-state index is -0.466. The van der Waals surface area contributed by atoms with Gasteiger partial charge in [0.15, 0.2) is 0 Å². The number of hydrogen-bond acceptors (Lipinski definition) is 6. The minimum Gasteiger partial charge on any atom is -0.300 e. The number of aliphatic imine (C=N–C) groups is 1. The Hall–Kier alpha value is -3.62. The Morgan fingerprint density at radius 3 is 2.75 bits per heavy atom. The second kappa shape index (κ2) is 12.3. The first-order valence-electron chi connectivity index (χ1n) is 14.8. The quantitative estimate of drug-likeness (QED) is 0.342. The molecule has 212 valence electrons. The summed E-state index contributed by atoms with van der Waals surface area (Å²) in [5.74, 6) is 0.918. The number of allylic oxidation sites excluding steroid dienone is 1. The van der Waals surface area contributed by atoms with Crippen LogP contribution in [0.4, 0.5) is 0 Å². The number of aryl methyl sites for hydroxylation is 1. The third-order valence-electron chi connectivity index (χ3n) is 9.00. The van der Waals surface area contributed by atoms with E-state index in [-0.39, 0.29) is 23.4 Å². The van der Waals surface area contributed by atoms with E-state index in [1.165, 1.54) is 0 Å². The average molecular weight is 544 g/mol. The van der Waals surface area contributed by atoms with Crippen LogP contribution in [0.3, 0.4) is 0 Å². The van der Waals surface area contributed by atoms with Crippen LogP contribution in [0.15, 0.2) is 52.5 Å². The Balaban J connectivity index is 1.61. The highest BCUT2D eigenvalue weighted by Gasteiger charge is 2.38. The summed E-state index contributed by atoms with van der Waals surface area (Å²) < 4.78 is 3.93. The van der Waals surface area contributed by atoms with Crippen molar-refractivity contribution in [3.8, 4) is 11.4 Å². The number of nitrogens with zero attached hydrogens (tertiary/aromatic N) is 6. The Kier molecular flexibility index (Phi) is 8.57. The zero-order valence-electron chi connectivity index (χ0n) is 23.9. The zero-order valence-corrected chi connectivity index (χ0v) is 23.9. The fourth-order valence-corrected chi connectivity index (χ4v) is 6.73. The number of carbonyl (C=O) groups excluding carboxylic acids is 1. The van der Waals surface area contributed by atoms with Crippen molar-refractivity contribution in [1.82, 2.24) is 29.8 Å². The fourth-order valence-electron chi connectivity index (χ4n) is 6.73. The summed E-state index contributed by atoms with van der Waals surface area (Å²) in [5, 5.41) is 14.6. The summed E-state index contributed by atoms with van der Waals surface area (Å²) in [6, 6.07) is 8.07. The molecule has 5 rings (SSSR count). The molecule has 1 aliphatic heterocycles. The molecule has 40 heavy (non-hydrogen) atoms. The summed E-state index contributed by atoms with van der Waals surface area (Å²) in [6.07, 6.45) is 16.5. The number of tetrazole rings is 1. The summed E-state index contributed by atoms with van der Waals surface area (Å²) in [4.78, 5) is 31.7. The first-order chi connectivity index (χ1) is 19.5. The number of aromatic nitrogens is 6. The summed E-state index contributed by atoms with van der Waals surface area (Å²) in [7, 11) is 0. The van der Waals surface area contributed by atoms with Crippen molar-refractivity contribution in [2.75, 3.05) is 0 Å². The smallest absolute Gasteiger partial charge is 0.300 e. The van der Waals surface area contributed by atoms with Crippen LogP contribution in [0, 0.1) is 11.8 Å². The summed E-state index contributed by atoms with van der Waals surface area (Å²) >= 11 is 0. The number of H-pyrrole nitrogens is 1. The molecule has 3 heterocycles. The SMILES string of the molecule is CCCCc1cn(C2C(CC)CCCCC2C(C)=O)c(=O)n1CC1(c2cccc(-c3nn[nH]n3)c2)C=CN=CC1. The standard InChI is InChI=1S/C31H41N7O2/c1-4-6-13-26-20-37(28-23(5-2)10-7-8-14-27(28)22(3)39)30(40)38(26)21-31(15-17-32-18-16-31)25-12-9-11-24(19-25)29-33-35-36-34-29/h9,11-12,15,17-20,23,27-28H,4-8,10,13-14,16,21H2,1-3H3,(H,33,34,35,36). The number of aromatic amines is 1. The molecule has 1 aromatic carbocycles. The predicted molar refractivity (Wildman–Crippen MR) is 156 cm³/mol. The molecule has 4 atom stereocenters. The first-order valence-corrected chi connectivity index (χ1v) is 14.8. The lowest BCUT2D eigenvalue weighted by atomic mass is 9.76. The highest BCUT2D eigenvalue weighted by Crippen LogP contribution is 2.40. The molecular weight excluding hydrogens is 502 g/mol. The van der Waals surface area contributed by atoms with Crippen LogP contribution in [-0.4, -0.2) is 41.8 Å². The van der Waals surface area contributed by atoms with Crippen LogP contribution in [0.25, 0.3) is 11.4 Å². The van der Waals surface area contributed by atoms with Crippen molar-refractivity contribution in [2.24, 2.45) is 16.8 Å². The highest BCUT2D eigenvalue weighted by atomic mass is 16.2. The predicted octanol–water partition coefficient (Wildman–Crippen LogP) is 5.45. The zero-order chi connectivity index (χ0) is 28.1. The van der Waals surface area contributed by atoms with Crippen LogP contribution < -0.4 is 5.69 Å². The maximum Gasteiger partial charge on any atom is 0.328 e. The topological polar surface area (TPSA) is 111 Å². The van der Waals surface area contributed by atoms with Crippen LogP contribution in [0.5, 0.6) is 0 Å². The lowest BCUT2D eigenvalue weighted by Crippen LogP contribution is -2.40. The van der Waals surface area contributed by atoms with E-state index >= 15 is 0 Å². The van der Waals surface area contributed by atoms with Crippen LogP contribution in [-0.2, 0) is 23.2 Å². The van der Waals surface area contributed by atoms with Crippen LogP contribution in [0.1, 0.15) is 89.4 Å². The van der Waals surface area contributed by atoms with E-state index in [2.05, 4.69) is 63.9 Å². The van der Waals surface area contributed by atoms with E-state index in [0.29, 0.717) is 24.7 Å². The van der Waals surface area contributed by atoms with E-state index in [4.69, 9.17) is 0 Å². The van der Waals surface area contributed by atoms with Crippen molar-refractivity contribution in [3.05, 3.63) is 64.5 Å². The maximum atomic E-state index is 14.4. The average Bonchev–Trinajstić information content (AvgIpc) is 3.55. The number of benzene rings is 1. The molecular formula is C31H41N7O2. The number of nitrogens with one attached hydrogen (secondary N) is 1.